The molecule has 1 fully saturated rings. The number of ether oxygens (including phenoxy) is 1. The van der Waals surface area contributed by atoms with Crippen LogP contribution < -0.4 is 10.6 Å². The summed E-state index contributed by atoms with van der Waals surface area (Å²) in [5, 5.41) is 10.5. The number of nitrogens with zero attached hydrogens (tertiary/aromatic N) is 3. The zero-order valence-corrected chi connectivity index (χ0v) is 17.3. The Morgan fingerprint density at radius 3 is 2.79 bits per heavy atom. The van der Waals surface area contributed by atoms with Crippen LogP contribution in [0.2, 0.25) is 5.02 Å². The van der Waals surface area contributed by atoms with Crippen LogP contribution in [-0.4, -0.2) is 49.5 Å². The highest BCUT2D eigenvalue weighted by Crippen LogP contribution is 2.37. The molecule has 3 rings (SSSR count). The molecule has 1 saturated heterocycles. The summed E-state index contributed by atoms with van der Waals surface area (Å²) in [5.41, 5.74) is 7.25. The number of hydrogen-bond acceptors (Lipinski definition) is 8. The lowest BCUT2D eigenvalue weighted by molar-refractivity contribution is 0.134. The predicted octanol–water partition coefficient (Wildman–Crippen LogP) is 2.35. The normalized spacial score (nSPS) is 18.1. The highest BCUT2D eigenvalue weighted by molar-refractivity contribution is 7.90. The van der Waals surface area contributed by atoms with E-state index >= 15 is 0 Å². The first kappa shape index (κ1) is 20.6. The van der Waals surface area contributed by atoms with E-state index < -0.39 is 9.84 Å². The third-order valence-electron chi connectivity index (χ3n) is 4.62. The van der Waals surface area contributed by atoms with Gasteiger partial charge in [-0.15, -0.1) is 0 Å². The van der Waals surface area contributed by atoms with Crippen LogP contribution in [0.5, 0.6) is 5.75 Å². The van der Waals surface area contributed by atoms with Crippen molar-refractivity contribution in [3.8, 4) is 5.75 Å². The summed E-state index contributed by atoms with van der Waals surface area (Å²) in [4.78, 5) is 10.4. The van der Waals surface area contributed by atoms with Gasteiger partial charge in [-0.3, -0.25) is 0 Å². The summed E-state index contributed by atoms with van der Waals surface area (Å²) < 4.78 is 29.4. The van der Waals surface area contributed by atoms with E-state index in [-0.39, 0.29) is 27.7 Å². The zero-order valence-electron chi connectivity index (χ0n) is 15.7. The average molecular weight is 427 g/mol. The van der Waals surface area contributed by atoms with Crippen molar-refractivity contribution in [2.45, 2.75) is 30.7 Å². The largest absolute Gasteiger partial charge is 0.507 e. The van der Waals surface area contributed by atoms with Crippen molar-refractivity contribution >= 4 is 33.2 Å². The van der Waals surface area contributed by atoms with Crippen molar-refractivity contribution < 1.29 is 18.3 Å². The van der Waals surface area contributed by atoms with Crippen LogP contribution in [0.4, 0.5) is 11.8 Å². The van der Waals surface area contributed by atoms with Gasteiger partial charge in [-0.05, 0) is 30.5 Å². The Morgan fingerprint density at radius 1 is 1.36 bits per heavy atom. The van der Waals surface area contributed by atoms with Gasteiger partial charge >= 0.3 is 0 Å². The number of aromatic hydroxyl groups is 1. The molecule has 1 aliphatic heterocycles. The molecule has 1 aromatic carbocycles. The average Bonchev–Trinajstić information content (AvgIpc) is 2.87. The Labute approximate surface area is 169 Å². The van der Waals surface area contributed by atoms with Crippen LogP contribution >= 0.6 is 11.6 Å². The summed E-state index contributed by atoms with van der Waals surface area (Å²) in [5.74, 6) is 0.477. The lowest BCUT2D eigenvalue weighted by Gasteiger charge is -2.31. The number of aromatic nitrogens is 2. The summed E-state index contributed by atoms with van der Waals surface area (Å²) >= 11 is 6.42. The Hall–Kier alpha value is -2.10. The lowest BCUT2D eigenvalue weighted by atomic mass is 10.0. The van der Waals surface area contributed by atoms with Gasteiger partial charge in [-0.2, -0.15) is 4.98 Å². The standard InChI is InChI=1S/C18H23ClN4O4S/c1-3-11-7-17(22-18(20)21-11)23-5-4-6-27-10-14(23)12-8-15(24)16(9-13(12)19)28(2,25)26/h7-9,14,24H,3-6,10H2,1-2H3,(H2,20,21,22). The fourth-order valence-corrected chi connectivity index (χ4v) is 4.38. The first-order chi connectivity index (χ1) is 13.2. The molecule has 1 unspecified atom stereocenters. The highest BCUT2D eigenvalue weighted by Gasteiger charge is 2.29. The van der Waals surface area contributed by atoms with Crippen LogP contribution in [-0.2, 0) is 21.0 Å². The van der Waals surface area contributed by atoms with Crippen molar-refractivity contribution in [3.05, 3.63) is 34.5 Å². The number of nitrogens with two attached hydrogens (primary N) is 1. The van der Waals surface area contributed by atoms with Crippen LogP contribution in [0.1, 0.15) is 30.6 Å². The molecule has 3 N–H and O–H groups in total. The molecule has 28 heavy (non-hydrogen) atoms. The molecule has 0 amide bonds. The number of phenolic OH excluding ortho intramolecular Hbond substituents is 1. The number of hydrogen-bond donors (Lipinski definition) is 2. The number of halogens is 1. The van der Waals surface area contributed by atoms with Crippen LogP contribution in [0.15, 0.2) is 23.1 Å². The molecule has 0 saturated carbocycles. The molecule has 152 valence electrons. The fraction of sp³-hybridized carbons (Fsp3) is 0.444. The molecule has 1 atom stereocenters. The van der Waals surface area contributed by atoms with E-state index in [1.165, 1.54) is 12.1 Å². The monoisotopic (exact) mass is 426 g/mol. The maximum absolute atomic E-state index is 11.9. The van der Waals surface area contributed by atoms with Gasteiger partial charge in [-0.1, -0.05) is 18.5 Å². The quantitative estimate of drug-likeness (QED) is 0.764. The number of rotatable bonds is 4. The van der Waals surface area contributed by atoms with E-state index in [0.717, 1.165) is 18.4 Å². The molecular formula is C18H23ClN4O4S. The highest BCUT2D eigenvalue weighted by atomic mass is 35.5. The zero-order chi connectivity index (χ0) is 20.5. The van der Waals surface area contributed by atoms with Crippen LogP contribution in [0, 0.1) is 0 Å². The molecule has 0 radical (unpaired) electrons. The second-order valence-electron chi connectivity index (χ2n) is 6.68. The van der Waals surface area contributed by atoms with Gasteiger partial charge in [0.2, 0.25) is 5.95 Å². The topological polar surface area (TPSA) is 119 Å². The molecule has 1 aliphatic rings. The van der Waals surface area contributed by atoms with Gasteiger partial charge in [0.1, 0.15) is 16.5 Å². The minimum absolute atomic E-state index is 0.180. The Bertz CT molecular complexity index is 984. The Kier molecular flexibility index (Phi) is 5.97. The molecule has 0 bridgehead atoms. The maximum Gasteiger partial charge on any atom is 0.222 e. The van der Waals surface area contributed by atoms with Crippen LogP contribution in [0.3, 0.4) is 0 Å². The summed E-state index contributed by atoms with van der Waals surface area (Å²) in [7, 11) is -3.61. The molecule has 0 aliphatic carbocycles. The van der Waals surface area contributed by atoms with Crippen molar-refractivity contribution in [2.75, 3.05) is 36.6 Å². The first-order valence-electron chi connectivity index (χ1n) is 8.91. The van der Waals surface area contributed by atoms with Gasteiger partial charge in [0.25, 0.3) is 0 Å². The Morgan fingerprint density at radius 2 is 2.11 bits per heavy atom. The SMILES string of the molecule is CCc1cc(N2CCCOCC2c2cc(O)c(S(C)(=O)=O)cc2Cl)nc(N)n1. The van der Waals surface area contributed by atoms with E-state index in [2.05, 4.69) is 9.97 Å². The summed E-state index contributed by atoms with van der Waals surface area (Å²) in [6, 6.07) is 4.16. The number of nitrogen functional groups attached to an aromatic ring is 1. The van der Waals surface area contributed by atoms with Crippen LogP contribution in [0.25, 0.3) is 0 Å². The van der Waals surface area contributed by atoms with Crippen molar-refractivity contribution in [3.63, 3.8) is 0 Å². The van der Waals surface area contributed by atoms with Gasteiger partial charge < -0.3 is 20.5 Å². The van der Waals surface area contributed by atoms with E-state index in [9.17, 15) is 13.5 Å². The second-order valence-corrected chi connectivity index (χ2v) is 9.07. The van der Waals surface area contributed by atoms with Gasteiger partial charge in [0.15, 0.2) is 9.84 Å². The third-order valence-corrected chi connectivity index (χ3v) is 6.07. The fourth-order valence-electron chi connectivity index (χ4n) is 3.25. The lowest BCUT2D eigenvalue weighted by Crippen LogP contribution is -2.32. The molecule has 2 heterocycles. The van der Waals surface area contributed by atoms with Gasteiger partial charge in [-0.25, -0.2) is 13.4 Å². The molecule has 10 heteroatoms. The smallest absolute Gasteiger partial charge is 0.222 e. The molecular weight excluding hydrogens is 404 g/mol. The molecule has 0 spiro atoms. The van der Waals surface area contributed by atoms with Crippen molar-refractivity contribution in [2.24, 2.45) is 0 Å². The number of benzene rings is 1. The molecule has 1 aromatic heterocycles. The second kappa shape index (κ2) is 8.10. The maximum atomic E-state index is 11.9. The van der Waals surface area contributed by atoms with E-state index in [4.69, 9.17) is 22.1 Å². The number of phenols is 1. The first-order valence-corrected chi connectivity index (χ1v) is 11.2. The minimum atomic E-state index is -3.61. The van der Waals surface area contributed by atoms with E-state index in [1.807, 2.05) is 17.9 Å². The van der Waals surface area contributed by atoms with Crippen molar-refractivity contribution in [1.29, 1.82) is 0 Å². The minimum Gasteiger partial charge on any atom is -0.507 e. The van der Waals surface area contributed by atoms with E-state index in [1.54, 1.807) is 0 Å². The molecule has 2 aromatic rings. The molecule has 8 nitrogen and oxygen atoms in total. The summed E-state index contributed by atoms with van der Waals surface area (Å²) in [6.45, 7) is 3.49. The number of sulfone groups is 1. The van der Waals surface area contributed by atoms with Gasteiger partial charge in [0.05, 0.1) is 12.6 Å². The van der Waals surface area contributed by atoms with E-state index in [0.29, 0.717) is 37.6 Å². The van der Waals surface area contributed by atoms with Gasteiger partial charge in [0, 0.05) is 36.2 Å². The number of anilines is 2. The Balaban J connectivity index is 2.10. The third kappa shape index (κ3) is 4.31. The predicted molar refractivity (Wildman–Crippen MR) is 108 cm³/mol. The summed E-state index contributed by atoms with van der Waals surface area (Å²) in [6.07, 6.45) is 2.50. The number of aryl methyl sites for hydroxylation is 1. The van der Waals surface area contributed by atoms with Crippen molar-refractivity contribution in [1.82, 2.24) is 9.97 Å².